The van der Waals surface area contributed by atoms with Crippen LogP contribution in [0.1, 0.15) is 10.4 Å². The van der Waals surface area contributed by atoms with Crippen LogP contribution in [-0.2, 0) is 24.4 Å². The molecule has 0 fully saturated rings. The molecular formula is C18H20N2O7S. The zero-order chi connectivity index (χ0) is 20.7. The van der Waals surface area contributed by atoms with Crippen molar-refractivity contribution in [1.29, 1.82) is 0 Å². The molecule has 0 heterocycles. The number of carbonyl (C=O) groups excluding carboxylic acids is 2. The minimum atomic E-state index is -3.91. The molecule has 150 valence electrons. The van der Waals surface area contributed by atoms with Crippen LogP contribution in [-0.4, -0.2) is 52.6 Å². The fraction of sp³-hybridized carbons (Fsp3) is 0.222. The number of esters is 1. The van der Waals surface area contributed by atoms with Gasteiger partial charge in [-0.3, -0.25) is 9.63 Å². The molecule has 0 unspecified atom stereocenters. The van der Waals surface area contributed by atoms with Crippen LogP contribution in [0.3, 0.4) is 0 Å². The van der Waals surface area contributed by atoms with Crippen LogP contribution in [0.4, 0.5) is 5.69 Å². The summed E-state index contributed by atoms with van der Waals surface area (Å²) in [6.07, 6.45) is 0. The minimum Gasteiger partial charge on any atom is -0.497 e. The highest BCUT2D eigenvalue weighted by Crippen LogP contribution is 2.17. The Morgan fingerprint density at radius 3 is 2.36 bits per heavy atom. The Hall–Kier alpha value is -2.95. The maximum absolute atomic E-state index is 12.2. The van der Waals surface area contributed by atoms with Crippen molar-refractivity contribution >= 4 is 27.6 Å². The number of rotatable bonds is 8. The number of anilines is 1. The number of hydroxylamine groups is 1. The molecule has 0 aliphatic heterocycles. The predicted molar refractivity (Wildman–Crippen MR) is 100 cm³/mol. The lowest BCUT2D eigenvalue weighted by Gasteiger charge is -2.14. The molecule has 2 rings (SSSR count). The largest absolute Gasteiger partial charge is 0.497 e. The van der Waals surface area contributed by atoms with Gasteiger partial charge in [-0.25, -0.2) is 13.2 Å². The first kappa shape index (κ1) is 21.4. The Balaban J connectivity index is 1.99. The first-order valence-electron chi connectivity index (χ1n) is 8.02. The summed E-state index contributed by atoms with van der Waals surface area (Å²) in [4.78, 5) is 28.6. The molecule has 2 aromatic rings. The summed E-state index contributed by atoms with van der Waals surface area (Å²) in [5, 5.41) is 2.57. The number of nitrogens with zero attached hydrogens (tertiary/aromatic N) is 1. The van der Waals surface area contributed by atoms with E-state index in [-0.39, 0.29) is 10.5 Å². The quantitative estimate of drug-likeness (QED) is 0.522. The Labute approximate surface area is 162 Å². The first-order valence-corrected chi connectivity index (χ1v) is 9.46. The summed E-state index contributed by atoms with van der Waals surface area (Å²) in [7, 11) is 0.0508. The Morgan fingerprint density at radius 2 is 1.75 bits per heavy atom. The predicted octanol–water partition coefficient (Wildman–Crippen LogP) is 1.67. The summed E-state index contributed by atoms with van der Waals surface area (Å²) in [5.74, 6) is -0.734. The van der Waals surface area contributed by atoms with Gasteiger partial charge in [0.2, 0.25) is 0 Å². The van der Waals surface area contributed by atoms with Gasteiger partial charge in [-0.05, 0) is 42.5 Å². The maximum Gasteiger partial charge on any atom is 0.338 e. The van der Waals surface area contributed by atoms with Gasteiger partial charge >= 0.3 is 5.97 Å². The van der Waals surface area contributed by atoms with E-state index in [1.807, 2.05) is 0 Å². The first-order chi connectivity index (χ1) is 13.3. The van der Waals surface area contributed by atoms with Crippen molar-refractivity contribution in [3.8, 4) is 5.75 Å². The molecule has 1 amide bonds. The zero-order valence-corrected chi connectivity index (χ0v) is 16.4. The van der Waals surface area contributed by atoms with Crippen molar-refractivity contribution in [2.24, 2.45) is 0 Å². The summed E-state index contributed by atoms with van der Waals surface area (Å²) < 4.78 is 35.1. The Kier molecular flexibility index (Phi) is 7.10. The lowest BCUT2D eigenvalue weighted by molar-refractivity contribution is -0.119. The molecule has 2 aromatic carbocycles. The van der Waals surface area contributed by atoms with E-state index in [0.717, 1.165) is 6.07 Å². The average Bonchev–Trinajstić information content (AvgIpc) is 2.71. The van der Waals surface area contributed by atoms with Gasteiger partial charge in [-0.15, -0.1) is 0 Å². The third kappa shape index (κ3) is 5.28. The molecule has 0 aliphatic carbocycles. The van der Waals surface area contributed by atoms with Gasteiger partial charge in [0.05, 0.1) is 24.7 Å². The van der Waals surface area contributed by atoms with Gasteiger partial charge in [-0.1, -0.05) is 10.5 Å². The molecule has 0 atom stereocenters. The Bertz CT molecular complexity index is 943. The molecule has 0 saturated heterocycles. The van der Waals surface area contributed by atoms with Gasteiger partial charge in [0.25, 0.3) is 15.9 Å². The molecule has 28 heavy (non-hydrogen) atoms. The van der Waals surface area contributed by atoms with Gasteiger partial charge in [-0.2, -0.15) is 0 Å². The molecule has 10 heteroatoms. The highest BCUT2D eigenvalue weighted by Gasteiger charge is 2.22. The number of amides is 1. The van der Waals surface area contributed by atoms with Crippen molar-refractivity contribution in [2.45, 2.75) is 4.90 Å². The standard InChI is InChI=1S/C18H20N2O7S/c1-20(26-3)28(23,24)16-6-4-5-13(11-16)18(22)27-12-17(21)19-14-7-9-15(25-2)10-8-14/h4-11H,12H2,1-3H3,(H,19,21). The van der Waals surface area contributed by atoms with E-state index >= 15 is 0 Å². The van der Waals surface area contributed by atoms with Crippen LogP contribution < -0.4 is 10.1 Å². The third-order valence-corrected chi connectivity index (χ3v) is 5.35. The summed E-state index contributed by atoms with van der Waals surface area (Å²) in [6.45, 7) is -0.528. The van der Waals surface area contributed by atoms with Crippen molar-refractivity contribution < 1.29 is 32.3 Å². The van der Waals surface area contributed by atoms with Crippen molar-refractivity contribution in [3.05, 3.63) is 54.1 Å². The van der Waals surface area contributed by atoms with Crippen LogP contribution in [0, 0.1) is 0 Å². The molecule has 0 radical (unpaired) electrons. The van der Waals surface area contributed by atoms with E-state index in [0.29, 0.717) is 15.9 Å². The molecule has 9 nitrogen and oxygen atoms in total. The van der Waals surface area contributed by atoms with Crippen LogP contribution in [0.5, 0.6) is 5.75 Å². The van der Waals surface area contributed by atoms with E-state index in [9.17, 15) is 18.0 Å². The van der Waals surface area contributed by atoms with Crippen LogP contribution >= 0.6 is 0 Å². The summed E-state index contributed by atoms with van der Waals surface area (Å²) in [6, 6.07) is 11.9. The van der Waals surface area contributed by atoms with Crippen molar-refractivity contribution in [1.82, 2.24) is 4.47 Å². The number of nitrogens with one attached hydrogen (secondary N) is 1. The van der Waals surface area contributed by atoms with E-state index in [4.69, 9.17) is 9.47 Å². The number of carbonyl (C=O) groups is 2. The summed E-state index contributed by atoms with van der Waals surface area (Å²) in [5.41, 5.74) is 0.500. The molecule has 0 saturated carbocycles. The van der Waals surface area contributed by atoms with Crippen LogP contribution in [0.15, 0.2) is 53.4 Å². The second-order valence-electron chi connectivity index (χ2n) is 5.48. The van der Waals surface area contributed by atoms with E-state index in [2.05, 4.69) is 10.2 Å². The molecule has 0 spiro atoms. The fourth-order valence-electron chi connectivity index (χ4n) is 2.12. The third-order valence-electron chi connectivity index (χ3n) is 3.67. The SMILES string of the molecule is COc1ccc(NC(=O)COC(=O)c2cccc(S(=O)(=O)N(C)OC)c2)cc1. The van der Waals surface area contributed by atoms with Crippen molar-refractivity contribution in [2.75, 3.05) is 33.2 Å². The molecule has 1 N–H and O–H groups in total. The van der Waals surface area contributed by atoms with E-state index in [1.165, 1.54) is 39.5 Å². The highest BCUT2D eigenvalue weighted by atomic mass is 32.2. The Morgan fingerprint density at radius 1 is 1.07 bits per heavy atom. The smallest absolute Gasteiger partial charge is 0.338 e. The second kappa shape index (κ2) is 9.31. The molecule has 0 bridgehead atoms. The van der Waals surface area contributed by atoms with Gasteiger partial charge in [0, 0.05) is 12.7 Å². The zero-order valence-electron chi connectivity index (χ0n) is 15.5. The molecule has 0 aromatic heterocycles. The minimum absolute atomic E-state index is 0.0113. The molecular weight excluding hydrogens is 388 g/mol. The van der Waals surface area contributed by atoms with E-state index in [1.54, 1.807) is 24.3 Å². The van der Waals surface area contributed by atoms with Crippen molar-refractivity contribution in [3.63, 3.8) is 0 Å². The summed E-state index contributed by atoms with van der Waals surface area (Å²) >= 11 is 0. The van der Waals surface area contributed by atoms with Gasteiger partial charge in [0.15, 0.2) is 6.61 Å². The highest BCUT2D eigenvalue weighted by molar-refractivity contribution is 7.89. The number of methoxy groups -OCH3 is 1. The number of hydrogen-bond donors (Lipinski definition) is 1. The normalized spacial score (nSPS) is 11.1. The fourth-order valence-corrected chi connectivity index (χ4v) is 3.14. The van der Waals surface area contributed by atoms with Crippen LogP contribution in [0.25, 0.3) is 0 Å². The second-order valence-corrected chi connectivity index (χ2v) is 7.41. The lowest BCUT2D eigenvalue weighted by atomic mass is 10.2. The molecule has 0 aliphatic rings. The van der Waals surface area contributed by atoms with Gasteiger partial charge < -0.3 is 14.8 Å². The monoisotopic (exact) mass is 408 g/mol. The number of hydrogen-bond acceptors (Lipinski definition) is 7. The average molecular weight is 408 g/mol. The van der Waals surface area contributed by atoms with E-state index < -0.39 is 28.5 Å². The van der Waals surface area contributed by atoms with Gasteiger partial charge in [0.1, 0.15) is 5.75 Å². The maximum atomic E-state index is 12.2. The topological polar surface area (TPSA) is 111 Å². The number of ether oxygens (including phenoxy) is 2. The number of sulfonamides is 1. The van der Waals surface area contributed by atoms with Crippen LogP contribution in [0.2, 0.25) is 0 Å². The lowest BCUT2D eigenvalue weighted by Crippen LogP contribution is -2.26. The number of benzene rings is 2.